The van der Waals surface area contributed by atoms with Gasteiger partial charge in [0.2, 0.25) is 11.8 Å². The van der Waals surface area contributed by atoms with Gasteiger partial charge < -0.3 is 35.9 Å². The van der Waals surface area contributed by atoms with Crippen LogP contribution >= 0.6 is 0 Å². The van der Waals surface area contributed by atoms with Gasteiger partial charge in [-0.2, -0.15) is 0 Å². The van der Waals surface area contributed by atoms with Crippen LogP contribution in [-0.2, 0) is 23.8 Å². The number of nitrogens with zero attached hydrogens (tertiary/aromatic N) is 1. The molecule has 11 heteroatoms. The smallest absolute Gasteiger partial charge is 0.454 e. The fourth-order valence-electron chi connectivity index (χ4n) is 3.39. The highest BCUT2D eigenvalue weighted by Gasteiger charge is 2.42. The number of allylic oxidation sites excluding steroid dienone is 1. The molecule has 0 aromatic rings. The quantitative estimate of drug-likeness (QED) is 0.393. The lowest BCUT2D eigenvalue weighted by Crippen LogP contribution is -2.56. The normalized spacial score (nSPS) is 26.3. The molecule has 6 N–H and O–H groups in total. The number of hydrogen-bond donors (Lipinski definition) is 4. The Kier molecular flexibility index (Phi) is 5.54. The Hall–Kier alpha value is -2.37. The lowest BCUT2D eigenvalue weighted by Gasteiger charge is -2.41. The van der Waals surface area contributed by atoms with E-state index in [1.165, 1.54) is 4.90 Å². The van der Waals surface area contributed by atoms with Gasteiger partial charge in [0, 0.05) is 5.92 Å². The van der Waals surface area contributed by atoms with Crippen molar-refractivity contribution in [3.63, 3.8) is 0 Å². The molecular formula is C16H22BN3O7. The van der Waals surface area contributed by atoms with Crippen LogP contribution in [0, 0.1) is 5.92 Å². The predicted molar refractivity (Wildman–Crippen MR) is 92.8 cm³/mol. The van der Waals surface area contributed by atoms with Crippen molar-refractivity contribution in [3.8, 4) is 0 Å². The van der Waals surface area contributed by atoms with E-state index in [0.717, 1.165) is 0 Å². The van der Waals surface area contributed by atoms with Crippen molar-refractivity contribution in [1.29, 1.82) is 0 Å². The summed E-state index contributed by atoms with van der Waals surface area (Å²) in [5, 5.41) is 19.3. The Morgan fingerprint density at radius 1 is 1.41 bits per heavy atom. The molecule has 3 aliphatic rings. The van der Waals surface area contributed by atoms with Crippen molar-refractivity contribution < 1.29 is 33.9 Å². The molecule has 2 fully saturated rings. The number of carbonyl (C=O) groups excluding carboxylic acids is 2. The van der Waals surface area contributed by atoms with Crippen LogP contribution in [0.1, 0.15) is 12.8 Å². The molecule has 2 heterocycles. The SMILES string of the molecule is NC(=O)[C@H](N)CC(=O)N1CC(OC2=C(C(=O)O)C3OB(O)CCC3C=C2)C1. The first-order valence-electron chi connectivity index (χ1n) is 8.74. The van der Waals surface area contributed by atoms with Gasteiger partial charge in [0.25, 0.3) is 0 Å². The van der Waals surface area contributed by atoms with Crippen molar-refractivity contribution in [2.75, 3.05) is 13.1 Å². The molecule has 2 unspecified atom stereocenters. The van der Waals surface area contributed by atoms with Gasteiger partial charge in [0.05, 0.1) is 31.7 Å². The highest BCUT2D eigenvalue weighted by atomic mass is 16.5. The van der Waals surface area contributed by atoms with Crippen LogP contribution < -0.4 is 11.5 Å². The standard InChI is InChI=1S/C16H22BN3O7/c18-10(15(19)22)5-12(21)20-6-9(7-20)26-11-2-1-8-3-4-17(25)27-14(8)13(11)16(23)24/h1-2,8-10,14,25H,3-7,18H2,(H2,19,22)(H,23,24)/t8?,10-,14?/m1/s1. The molecule has 3 atom stereocenters. The number of amides is 2. The molecule has 0 radical (unpaired) electrons. The van der Waals surface area contributed by atoms with E-state index < -0.39 is 31.1 Å². The summed E-state index contributed by atoms with van der Waals surface area (Å²) in [5.41, 5.74) is 10.5. The van der Waals surface area contributed by atoms with Gasteiger partial charge in [-0.1, -0.05) is 6.08 Å². The van der Waals surface area contributed by atoms with E-state index in [1.807, 2.05) is 6.08 Å². The van der Waals surface area contributed by atoms with Gasteiger partial charge in [0.15, 0.2) is 0 Å². The third kappa shape index (κ3) is 4.15. The first-order valence-corrected chi connectivity index (χ1v) is 8.74. The van der Waals surface area contributed by atoms with Gasteiger partial charge in [-0.3, -0.25) is 9.59 Å². The third-order valence-electron chi connectivity index (χ3n) is 4.97. The second kappa shape index (κ2) is 7.71. The van der Waals surface area contributed by atoms with Crippen molar-refractivity contribution in [2.45, 2.75) is 37.4 Å². The number of nitrogens with two attached hydrogens (primary N) is 2. The van der Waals surface area contributed by atoms with Crippen LogP contribution in [-0.4, -0.2) is 71.3 Å². The number of hydrogen-bond acceptors (Lipinski definition) is 7. The van der Waals surface area contributed by atoms with Crippen molar-refractivity contribution in [3.05, 3.63) is 23.5 Å². The Morgan fingerprint density at radius 3 is 2.74 bits per heavy atom. The summed E-state index contributed by atoms with van der Waals surface area (Å²) in [6.07, 6.45) is 3.18. The molecule has 0 saturated carbocycles. The van der Waals surface area contributed by atoms with Crippen LogP contribution in [0.5, 0.6) is 0 Å². The Balaban J connectivity index is 1.61. The summed E-state index contributed by atoms with van der Waals surface area (Å²) in [6.45, 7) is 0.512. The molecule has 27 heavy (non-hydrogen) atoms. The summed E-state index contributed by atoms with van der Waals surface area (Å²) in [4.78, 5) is 36.1. The molecule has 0 bridgehead atoms. The number of fused-ring (bicyclic) bond motifs is 1. The maximum absolute atomic E-state index is 12.0. The molecule has 1 aliphatic carbocycles. The van der Waals surface area contributed by atoms with E-state index in [-0.39, 0.29) is 48.8 Å². The van der Waals surface area contributed by atoms with Gasteiger partial charge in [0.1, 0.15) is 17.4 Å². The highest BCUT2D eigenvalue weighted by Crippen LogP contribution is 2.35. The number of carbonyl (C=O) groups is 3. The van der Waals surface area contributed by atoms with E-state index in [4.69, 9.17) is 20.9 Å². The van der Waals surface area contributed by atoms with Crippen LogP contribution in [0.15, 0.2) is 23.5 Å². The number of likely N-dealkylation sites (tertiary alicyclic amines) is 1. The zero-order chi connectivity index (χ0) is 19.7. The summed E-state index contributed by atoms with van der Waals surface area (Å²) in [6, 6.07) is -1.04. The molecule has 2 aliphatic heterocycles. The molecule has 0 aromatic heterocycles. The first kappa shape index (κ1) is 19.4. The second-order valence-electron chi connectivity index (χ2n) is 6.95. The number of rotatable bonds is 6. The fraction of sp³-hybridized carbons (Fsp3) is 0.562. The largest absolute Gasteiger partial charge is 0.486 e. The zero-order valence-electron chi connectivity index (χ0n) is 14.6. The minimum absolute atomic E-state index is 0.0261. The van der Waals surface area contributed by atoms with E-state index in [2.05, 4.69) is 0 Å². The summed E-state index contributed by atoms with van der Waals surface area (Å²) in [5.74, 6) is -2.18. The number of primary amides is 1. The van der Waals surface area contributed by atoms with Crippen LogP contribution in [0.2, 0.25) is 6.32 Å². The van der Waals surface area contributed by atoms with Gasteiger partial charge in [-0.15, -0.1) is 0 Å². The average molecular weight is 379 g/mol. The van der Waals surface area contributed by atoms with Gasteiger partial charge >= 0.3 is 13.1 Å². The number of ether oxygens (including phenoxy) is 1. The molecule has 0 spiro atoms. The molecule has 2 saturated heterocycles. The van der Waals surface area contributed by atoms with Crippen LogP contribution in [0.4, 0.5) is 0 Å². The van der Waals surface area contributed by atoms with Crippen molar-refractivity contribution in [2.24, 2.45) is 17.4 Å². The van der Waals surface area contributed by atoms with Crippen LogP contribution in [0.3, 0.4) is 0 Å². The molecule has 0 aromatic carbocycles. The van der Waals surface area contributed by atoms with E-state index in [0.29, 0.717) is 12.7 Å². The van der Waals surface area contributed by atoms with Crippen molar-refractivity contribution >= 4 is 24.9 Å². The molecule has 2 amide bonds. The average Bonchev–Trinajstić information content (AvgIpc) is 2.56. The van der Waals surface area contributed by atoms with Gasteiger partial charge in [-0.05, 0) is 18.8 Å². The maximum atomic E-state index is 12.0. The lowest BCUT2D eigenvalue weighted by atomic mass is 9.71. The lowest BCUT2D eigenvalue weighted by molar-refractivity contribution is -0.144. The predicted octanol–water partition coefficient (Wildman–Crippen LogP) is -1.79. The van der Waals surface area contributed by atoms with Crippen molar-refractivity contribution in [1.82, 2.24) is 4.90 Å². The topological polar surface area (TPSA) is 165 Å². The fourth-order valence-corrected chi connectivity index (χ4v) is 3.39. The molecular weight excluding hydrogens is 357 g/mol. The molecule has 146 valence electrons. The monoisotopic (exact) mass is 379 g/mol. The minimum atomic E-state index is -1.17. The second-order valence-corrected chi connectivity index (χ2v) is 6.95. The summed E-state index contributed by atoms with van der Waals surface area (Å²) < 4.78 is 11.2. The maximum Gasteiger partial charge on any atom is 0.454 e. The number of carboxylic acids is 1. The zero-order valence-corrected chi connectivity index (χ0v) is 14.6. The highest BCUT2D eigenvalue weighted by molar-refractivity contribution is 6.43. The number of carboxylic acid groups (broad SMARTS) is 1. The first-order chi connectivity index (χ1) is 12.8. The van der Waals surface area contributed by atoms with E-state index in [9.17, 15) is 24.5 Å². The van der Waals surface area contributed by atoms with E-state index in [1.54, 1.807) is 6.08 Å². The molecule has 10 nitrogen and oxygen atoms in total. The summed E-state index contributed by atoms with van der Waals surface area (Å²) >= 11 is 0. The van der Waals surface area contributed by atoms with Crippen LogP contribution in [0.25, 0.3) is 0 Å². The minimum Gasteiger partial charge on any atom is -0.486 e. The van der Waals surface area contributed by atoms with Gasteiger partial charge in [-0.25, -0.2) is 4.79 Å². The number of aliphatic carboxylic acids is 1. The molecule has 3 rings (SSSR count). The third-order valence-corrected chi connectivity index (χ3v) is 4.97. The summed E-state index contributed by atoms with van der Waals surface area (Å²) in [7, 11) is -1.00. The van der Waals surface area contributed by atoms with E-state index >= 15 is 0 Å². The Bertz CT molecular complexity index is 704. The Morgan fingerprint density at radius 2 is 2.11 bits per heavy atom. The Labute approximate surface area is 155 Å².